The predicted molar refractivity (Wildman–Crippen MR) is 105 cm³/mol. The van der Waals surface area contributed by atoms with E-state index in [1.54, 1.807) is 30.3 Å². The number of fused-ring (bicyclic) bond motifs is 1. The van der Waals surface area contributed by atoms with Crippen LogP contribution in [0.2, 0.25) is 0 Å². The number of piperidine rings is 1. The van der Waals surface area contributed by atoms with Gasteiger partial charge in [-0.25, -0.2) is 12.8 Å². The Bertz CT molecular complexity index is 1090. The molecule has 2 aromatic carbocycles. The smallest absolute Gasteiger partial charge is 0.274 e. The molecule has 0 saturated carbocycles. The summed E-state index contributed by atoms with van der Waals surface area (Å²) in [4.78, 5) is 4.43. The zero-order valence-electron chi connectivity index (χ0n) is 15.2. The van der Waals surface area contributed by atoms with Crippen LogP contribution < -0.4 is 9.47 Å². The van der Waals surface area contributed by atoms with E-state index in [1.165, 1.54) is 34.9 Å². The fourth-order valence-corrected chi connectivity index (χ4v) is 5.59. The van der Waals surface area contributed by atoms with Crippen LogP contribution in [0.4, 0.5) is 4.39 Å². The van der Waals surface area contributed by atoms with E-state index in [0.717, 1.165) is 4.70 Å². The number of halogens is 1. The summed E-state index contributed by atoms with van der Waals surface area (Å²) in [5.41, 5.74) is 0.306. The number of benzene rings is 2. The van der Waals surface area contributed by atoms with Gasteiger partial charge in [0.1, 0.15) is 23.2 Å². The van der Waals surface area contributed by atoms with Gasteiger partial charge in [0.05, 0.1) is 16.7 Å². The van der Waals surface area contributed by atoms with Crippen molar-refractivity contribution in [1.82, 2.24) is 9.29 Å². The average Bonchev–Trinajstić information content (AvgIpc) is 3.12. The number of rotatable bonds is 5. The number of hydrogen-bond donors (Lipinski definition) is 0. The number of thiazole rings is 1. The van der Waals surface area contributed by atoms with E-state index in [-0.39, 0.29) is 16.8 Å². The van der Waals surface area contributed by atoms with Crippen molar-refractivity contribution in [1.29, 1.82) is 0 Å². The molecule has 2 heterocycles. The highest BCUT2D eigenvalue weighted by Crippen LogP contribution is 2.31. The SMILES string of the molecule is COc1cccc(S(=O)(=O)N2CCC(Oc3nc4c(F)cccc4s3)CC2)c1. The van der Waals surface area contributed by atoms with Gasteiger partial charge in [0, 0.05) is 19.2 Å². The van der Waals surface area contributed by atoms with Crippen molar-refractivity contribution in [3.63, 3.8) is 0 Å². The molecule has 3 aromatic rings. The van der Waals surface area contributed by atoms with E-state index < -0.39 is 10.0 Å². The maximum Gasteiger partial charge on any atom is 0.274 e. The van der Waals surface area contributed by atoms with Crippen LogP contribution in [0.5, 0.6) is 10.9 Å². The third-order valence-corrected chi connectivity index (χ3v) is 7.50. The Kier molecular flexibility index (Phi) is 5.22. The fraction of sp³-hybridized carbons (Fsp3) is 0.316. The van der Waals surface area contributed by atoms with Crippen LogP contribution in [0, 0.1) is 5.82 Å². The second kappa shape index (κ2) is 7.65. The largest absolute Gasteiger partial charge is 0.497 e. The Morgan fingerprint density at radius 2 is 1.93 bits per heavy atom. The summed E-state index contributed by atoms with van der Waals surface area (Å²) in [6, 6.07) is 11.3. The van der Waals surface area contributed by atoms with Gasteiger partial charge < -0.3 is 9.47 Å². The van der Waals surface area contributed by atoms with E-state index in [2.05, 4.69) is 4.98 Å². The third-order valence-electron chi connectivity index (χ3n) is 4.70. The van der Waals surface area contributed by atoms with Crippen molar-refractivity contribution in [3.8, 4) is 10.9 Å². The molecule has 9 heteroatoms. The van der Waals surface area contributed by atoms with Crippen LogP contribution in [-0.2, 0) is 10.0 Å². The topological polar surface area (TPSA) is 68.7 Å². The lowest BCUT2D eigenvalue weighted by Gasteiger charge is -2.30. The molecule has 1 aliphatic rings. The van der Waals surface area contributed by atoms with Crippen molar-refractivity contribution in [3.05, 3.63) is 48.3 Å². The molecular weight excluding hydrogens is 403 g/mol. The van der Waals surface area contributed by atoms with Gasteiger partial charge >= 0.3 is 0 Å². The summed E-state index contributed by atoms with van der Waals surface area (Å²) in [6.07, 6.45) is 0.934. The van der Waals surface area contributed by atoms with E-state index >= 15 is 0 Å². The second-order valence-corrected chi connectivity index (χ2v) is 9.40. The Labute approximate surface area is 166 Å². The summed E-state index contributed by atoms with van der Waals surface area (Å²) < 4.78 is 52.7. The lowest BCUT2D eigenvalue weighted by molar-refractivity contribution is 0.135. The number of methoxy groups -OCH3 is 1. The molecule has 0 atom stereocenters. The lowest BCUT2D eigenvalue weighted by Crippen LogP contribution is -2.41. The van der Waals surface area contributed by atoms with Gasteiger partial charge in [-0.1, -0.05) is 23.5 Å². The van der Waals surface area contributed by atoms with E-state index in [0.29, 0.717) is 42.4 Å². The molecule has 0 bridgehead atoms. The molecule has 148 valence electrons. The summed E-state index contributed by atoms with van der Waals surface area (Å²) in [5, 5.41) is 0.411. The number of aromatic nitrogens is 1. The Morgan fingerprint density at radius 3 is 2.64 bits per heavy atom. The van der Waals surface area contributed by atoms with Crippen molar-refractivity contribution in [2.45, 2.75) is 23.8 Å². The molecule has 0 spiro atoms. The molecule has 1 fully saturated rings. The first-order valence-electron chi connectivity index (χ1n) is 8.83. The highest BCUT2D eigenvalue weighted by molar-refractivity contribution is 7.89. The van der Waals surface area contributed by atoms with E-state index in [9.17, 15) is 12.8 Å². The highest BCUT2D eigenvalue weighted by Gasteiger charge is 2.30. The van der Waals surface area contributed by atoms with Gasteiger partial charge in [0.2, 0.25) is 10.0 Å². The van der Waals surface area contributed by atoms with Gasteiger partial charge in [0.25, 0.3) is 5.19 Å². The highest BCUT2D eigenvalue weighted by atomic mass is 32.2. The molecule has 1 aromatic heterocycles. The first kappa shape index (κ1) is 19.1. The molecule has 6 nitrogen and oxygen atoms in total. The minimum absolute atomic E-state index is 0.152. The van der Waals surface area contributed by atoms with Gasteiger partial charge in [0.15, 0.2) is 0 Å². The van der Waals surface area contributed by atoms with Crippen LogP contribution in [0.15, 0.2) is 47.4 Å². The summed E-state index contributed by atoms with van der Waals surface area (Å²) in [5.74, 6) is 0.130. The van der Waals surface area contributed by atoms with Crippen LogP contribution in [-0.4, -0.2) is 44.0 Å². The van der Waals surface area contributed by atoms with Gasteiger partial charge in [-0.05, 0) is 37.1 Å². The predicted octanol–water partition coefficient (Wildman–Crippen LogP) is 3.68. The van der Waals surface area contributed by atoms with Crippen molar-refractivity contribution in [2.75, 3.05) is 20.2 Å². The molecule has 0 N–H and O–H groups in total. The van der Waals surface area contributed by atoms with Crippen LogP contribution >= 0.6 is 11.3 Å². The molecule has 0 unspecified atom stereocenters. The van der Waals surface area contributed by atoms with Crippen molar-refractivity contribution >= 4 is 31.6 Å². The number of para-hydroxylation sites is 1. The number of ether oxygens (including phenoxy) is 2. The van der Waals surface area contributed by atoms with Crippen LogP contribution in [0.25, 0.3) is 10.2 Å². The van der Waals surface area contributed by atoms with Gasteiger partial charge in [-0.2, -0.15) is 9.29 Å². The van der Waals surface area contributed by atoms with Gasteiger partial charge in [-0.15, -0.1) is 0 Å². The van der Waals surface area contributed by atoms with E-state index in [4.69, 9.17) is 9.47 Å². The number of sulfonamides is 1. The monoisotopic (exact) mass is 422 g/mol. The minimum Gasteiger partial charge on any atom is -0.497 e. The fourth-order valence-electron chi connectivity index (χ4n) is 3.19. The zero-order valence-corrected chi connectivity index (χ0v) is 16.8. The molecule has 0 radical (unpaired) electrons. The second-order valence-electron chi connectivity index (χ2n) is 6.47. The first-order chi connectivity index (χ1) is 13.5. The Hall–Kier alpha value is -2.23. The molecular formula is C19H19FN2O4S2. The molecule has 28 heavy (non-hydrogen) atoms. The zero-order chi connectivity index (χ0) is 19.7. The summed E-state index contributed by atoms with van der Waals surface area (Å²) >= 11 is 1.29. The van der Waals surface area contributed by atoms with Crippen LogP contribution in [0.3, 0.4) is 0 Å². The standard InChI is InChI=1S/C19H19FN2O4S2/c1-25-14-4-2-5-15(12-14)28(23,24)22-10-8-13(9-11-22)26-19-21-18-16(20)6-3-7-17(18)27-19/h2-7,12-13H,8-11H2,1H3. The van der Waals surface area contributed by atoms with Crippen LogP contribution in [0.1, 0.15) is 12.8 Å². The molecule has 0 amide bonds. The van der Waals surface area contributed by atoms with Crippen molar-refractivity contribution in [2.24, 2.45) is 0 Å². The van der Waals surface area contributed by atoms with Gasteiger partial charge in [-0.3, -0.25) is 0 Å². The van der Waals surface area contributed by atoms with E-state index in [1.807, 2.05) is 0 Å². The molecule has 4 rings (SSSR count). The quantitative estimate of drug-likeness (QED) is 0.628. The summed E-state index contributed by atoms with van der Waals surface area (Å²) in [7, 11) is -2.08. The number of nitrogens with zero attached hydrogens (tertiary/aromatic N) is 2. The molecule has 1 aliphatic heterocycles. The lowest BCUT2D eigenvalue weighted by atomic mass is 10.1. The van der Waals surface area contributed by atoms with Crippen molar-refractivity contribution < 1.29 is 22.3 Å². The first-order valence-corrected chi connectivity index (χ1v) is 11.1. The Balaban J connectivity index is 1.43. The Morgan fingerprint density at radius 1 is 1.18 bits per heavy atom. The summed E-state index contributed by atoms with van der Waals surface area (Å²) in [6.45, 7) is 0.701. The maximum absolute atomic E-state index is 13.8. The minimum atomic E-state index is -3.58. The average molecular weight is 423 g/mol. The molecule has 1 saturated heterocycles. The normalized spacial score (nSPS) is 16.4. The molecule has 0 aliphatic carbocycles. The maximum atomic E-state index is 13.8. The third kappa shape index (κ3) is 3.69. The number of hydrogen-bond acceptors (Lipinski definition) is 6.